The Labute approximate surface area is 163 Å². The molecular formula is C24H31NO2. The Morgan fingerprint density at radius 1 is 1.22 bits per heavy atom. The zero-order chi connectivity index (χ0) is 19.4. The van der Waals surface area contributed by atoms with Crippen molar-refractivity contribution in [1.82, 2.24) is 4.90 Å². The molecular weight excluding hydrogens is 334 g/mol. The maximum atomic E-state index is 12.2. The Morgan fingerprint density at radius 3 is 2.59 bits per heavy atom. The van der Waals surface area contributed by atoms with Gasteiger partial charge in [-0.15, -0.1) is 0 Å². The van der Waals surface area contributed by atoms with Crippen molar-refractivity contribution in [2.75, 3.05) is 19.6 Å². The van der Waals surface area contributed by atoms with Crippen LogP contribution in [0.3, 0.4) is 0 Å². The summed E-state index contributed by atoms with van der Waals surface area (Å²) in [6.45, 7) is 9.09. The second-order valence-electron chi connectivity index (χ2n) is 8.38. The fourth-order valence-electron chi connectivity index (χ4n) is 4.32. The fourth-order valence-corrected chi connectivity index (χ4v) is 4.32. The highest BCUT2D eigenvalue weighted by Gasteiger charge is 2.38. The molecule has 2 aromatic rings. The van der Waals surface area contributed by atoms with Crippen molar-refractivity contribution in [3.05, 3.63) is 65.7 Å². The first-order chi connectivity index (χ1) is 12.9. The first-order valence-corrected chi connectivity index (χ1v) is 9.95. The number of carbonyl (C=O) groups is 1. The second kappa shape index (κ2) is 8.26. The second-order valence-corrected chi connectivity index (χ2v) is 8.38. The molecule has 0 saturated carbocycles. The minimum atomic E-state index is 0.0460. The van der Waals surface area contributed by atoms with Crippen LogP contribution in [0, 0.1) is 11.8 Å². The largest absolute Gasteiger partial charge is 0.508 e. The van der Waals surface area contributed by atoms with Gasteiger partial charge in [0.25, 0.3) is 0 Å². The molecule has 0 amide bonds. The summed E-state index contributed by atoms with van der Waals surface area (Å²) in [5.74, 6) is 1.11. The minimum Gasteiger partial charge on any atom is -0.508 e. The number of carbonyl (C=O) groups excluding carboxylic acids is 1. The third-order valence-electron chi connectivity index (χ3n) is 6.45. The van der Waals surface area contributed by atoms with Crippen LogP contribution in [0.15, 0.2) is 54.6 Å². The third kappa shape index (κ3) is 4.59. The number of piperidine rings is 1. The van der Waals surface area contributed by atoms with Crippen molar-refractivity contribution in [1.29, 1.82) is 0 Å². The van der Waals surface area contributed by atoms with Crippen LogP contribution in [-0.4, -0.2) is 35.4 Å². The van der Waals surface area contributed by atoms with Gasteiger partial charge >= 0.3 is 0 Å². The Morgan fingerprint density at radius 2 is 1.96 bits per heavy atom. The summed E-state index contributed by atoms with van der Waals surface area (Å²) in [5, 5.41) is 9.87. The highest BCUT2D eigenvalue weighted by molar-refractivity contribution is 5.78. The van der Waals surface area contributed by atoms with Gasteiger partial charge in [0.15, 0.2) is 0 Å². The van der Waals surface area contributed by atoms with Crippen LogP contribution in [0.25, 0.3) is 0 Å². The molecule has 1 saturated heterocycles. The molecule has 0 radical (unpaired) electrons. The average Bonchev–Trinajstić information content (AvgIpc) is 2.65. The van der Waals surface area contributed by atoms with E-state index in [-0.39, 0.29) is 17.1 Å². The van der Waals surface area contributed by atoms with Crippen LogP contribution in [-0.2, 0) is 16.6 Å². The maximum Gasteiger partial charge on any atom is 0.134 e. The summed E-state index contributed by atoms with van der Waals surface area (Å²) >= 11 is 0. The van der Waals surface area contributed by atoms with Crippen LogP contribution < -0.4 is 0 Å². The number of phenols is 1. The standard InChI is InChI=1S/C24H31NO2/c1-18-16-25(13-12-24(18,3)22-10-7-11-23(27)15-22)17-21(19(2)26)14-20-8-5-4-6-9-20/h4-11,15,18,21,27H,12-14,16-17H2,1-3H3/t18-,21-,24+/m0/s1. The summed E-state index contributed by atoms with van der Waals surface area (Å²) in [7, 11) is 0. The first-order valence-electron chi connectivity index (χ1n) is 9.95. The molecule has 3 rings (SSSR count). The number of aromatic hydroxyl groups is 1. The molecule has 1 fully saturated rings. The minimum absolute atomic E-state index is 0.0460. The highest BCUT2D eigenvalue weighted by Crippen LogP contribution is 2.40. The first kappa shape index (κ1) is 19.6. The molecule has 0 aliphatic carbocycles. The zero-order valence-corrected chi connectivity index (χ0v) is 16.7. The lowest BCUT2D eigenvalue weighted by Gasteiger charge is -2.45. The lowest BCUT2D eigenvalue weighted by Crippen LogP contribution is -2.49. The number of benzene rings is 2. The Kier molecular flexibility index (Phi) is 6.01. The van der Waals surface area contributed by atoms with Crippen molar-refractivity contribution in [2.45, 2.75) is 39.0 Å². The lowest BCUT2D eigenvalue weighted by molar-refractivity contribution is -0.121. The Hall–Kier alpha value is -2.13. The van der Waals surface area contributed by atoms with Gasteiger partial charge in [-0.25, -0.2) is 0 Å². The summed E-state index contributed by atoms with van der Waals surface area (Å²) in [4.78, 5) is 14.7. The van der Waals surface area contributed by atoms with Crippen LogP contribution in [0.1, 0.15) is 38.3 Å². The molecule has 2 aromatic carbocycles. The van der Waals surface area contributed by atoms with Gasteiger partial charge in [0.1, 0.15) is 11.5 Å². The monoisotopic (exact) mass is 365 g/mol. The topological polar surface area (TPSA) is 40.5 Å². The van der Waals surface area contributed by atoms with Gasteiger partial charge in [-0.1, -0.05) is 56.3 Å². The number of hydrogen-bond acceptors (Lipinski definition) is 3. The van der Waals surface area contributed by atoms with E-state index in [0.29, 0.717) is 11.7 Å². The molecule has 0 spiro atoms. The molecule has 0 aromatic heterocycles. The van der Waals surface area contributed by atoms with Gasteiger partial charge < -0.3 is 10.0 Å². The summed E-state index contributed by atoms with van der Waals surface area (Å²) in [5.41, 5.74) is 2.50. The van der Waals surface area contributed by atoms with Crippen LogP contribution in [0.5, 0.6) is 5.75 Å². The van der Waals surface area contributed by atoms with E-state index in [0.717, 1.165) is 32.5 Å². The maximum absolute atomic E-state index is 12.2. The Balaban J connectivity index is 1.67. The normalized spacial score (nSPS) is 24.5. The van der Waals surface area contributed by atoms with E-state index in [1.165, 1.54) is 11.1 Å². The van der Waals surface area contributed by atoms with Crippen molar-refractivity contribution >= 4 is 5.78 Å². The van der Waals surface area contributed by atoms with Crippen molar-refractivity contribution in [3.63, 3.8) is 0 Å². The van der Waals surface area contributed by atoms with Crippen molar-refractivity contribution < 1.29 is 9.90 Å². The molecule has 3 atom stereocenters. The molecule has 3 nitrogen and oxygen atoms in total. The van der Waals surface area contributed by atoms with E-state index < -0.39 is 0 Å². The number of nitrogens with zero attached hydrogens (tertiary/aromatic N) is 1. The number of ketones is 1. The molecule has 1 heterocycles. The van der Waals surface area contributed by atoms with Crippen molar-refractivity contribution in [2.24, 2.45) is 11.8 Å². The van der Waals surface area contributed by atoms with Gasteiger partial charge in [-0.3, -0.25) is 4.79 Å². The quantitative estimate of drug-likeness (QED) is 0.823. The predicted octanol–water partition coefficient (Wildman–Crippen LogP) is 4.44. The third-order valence-corrected chi connectivity index (χ3v) is 6.45. The number of Topliss-reactive ketones (excluding diaryl/α,β-unsaturated/α-hetero) is 1. The number of hydrogen-bond donors (Lipinski definition) is 1. The molecule has 1 aliphatic heterocycles. The summed E-state index contributed by atoms with van der Waals surface area (Å²) in [6.07, 6.45) is 1.85. The van der Waals surface area contributed by atoms with Crippen molar-refractivity contribution in [3.8, 4) is 5.75 Å². The molecule has 1 aliphatic rings. The SMILES string of the molecule is CC(=O)[C@@H](Cc1ccccc1)CN1CC[C@@](C)(c2cccc(O)c2)[C@@H](C)C1. The zero-order valence-electron chi connectivity index (χ0n) is 16.7. The molecule has 144 valence electrons. The number of rotatable bonds is 6. The molecule has 0 unspecified atom stereocenters. The van der Waals surface area contributed by atoms with Gasteiger partial charge in [-0.05, 0) is 60.9 Å². The highest BCUT2D eigenvalue weighted by atomic mass is 16.3. The van der Waals surface area contributed by atoms with Gasteiger partial charge in [0.2, 0.25) is 0 Å². The van der Waals surface area contributed by atoms with Gasteiger partial charge in [0.05, 0.1) is 0 Å². The van der Waals surface area contributed by atoms with Crippen LogP contribution in [0.2, 0.25) is 0 Å². The van der Waals surface area contributed by atoms with E-state index in [2.05, 4.69) is 36.9 Å². The fraction of sp³-hybridized carbons (Fsp3) is 0.458. The lowest BCUT2D eigenvalue weighted by atomic mass is 9.68. The smallest absolute Gasteiger partial charge is 0.134 e. The predicted molar refractivity (Wildman–Crippen MR) is 110 cm³/mol. The van der Waals surface area contributed by atoms with E-state index in [9.17, 15) is 9.90 Å². The van der Waals surface area contributed by atoms with E-state index in [1.807, 2.05) is 30.3 Å². The molecule has 0 bridgehead atoms. The van der Waals surface area contributed by atoms with Gasteiger partial charge in [0, 0.05) is 19.0 Å². The summed E-state index contributed by atoms with van der Waals surface area (Å²) in [6, 6.07) is 18.0. The molecule has 3 heteroatoms. The van der Waals surface area contributed by atoms with Gasteiger partial charge in [-0.2, -0.15) is 0 Å². The van der Waals surface area contributed by atoms with Crippen LogP contribution in [0.4, 0.5) is 0 Å². The Bertz CT molecular complexity index is 773. The van der Waals surface area contributed by atoms with E-state index in [4.69, 9.17) is 0 Å². The van der Waals surface area contributed by atoms with Crippen LogP contribution >= 0.6 is 0 Å². The summed E-state index contributed by atoms with van der Waals surface area (Å²) < 4.78 is 0. The molecule has 27 heavy (non-hydrogen) atoms. The van der Waals surface area contributed by atoms with E-state index in [1.54, 1.807) is 13.0 Å². The number of likely N-dealkylation sites (tertiary alicyclic amines) is 1. The number of phenolic OH excluding ortho intramolecular Hbond substituents is 1. The molecule has 1 N–H and O–H groups in total. The average molecular weight is 366 g/mol. The van der Waals surface area contributed by atoms with E-state index >= 15 is 0 Å².